The number of carbonyl (C=O) groups excluding carboxylic acids is 1. The summed E-state index contributed by atoms with van der Waals surface area (Å²) >= 11 is 0. The maximum absolute atomic E-state index is 13.2. The first-order valence-electron chi connectivity index (χ1n) is 6.04. The van der Waals surface area contributed by atoms with Crippen molar-refractivity contribution in [3.05, 3.63) is 35.6 Å². The van der Waals surface area contributed by atoms with Crippen LogP contribution in [0.5, 0.6) is 0 Å². The molecule has 1 fully saturated rings. The van der Waals surface area contributed by atoms with E-state index in [0.29, 0.717) is 6.42 Å². The number of hydrogen-bond donors (Lipinski definition) is 1. The minimum Gasteiger partial charge on any atom is -0.463 e. The Morgan fingerprint density at radius 2 is 2.39 bits per heavy atom. The Labute approximate surface area is 106 Å². The maximum Gasteiger partial charge on any atom is 0.302 e. The van der Waals surface area contributed by atoms with Crippen LogP contribution in [-0.2, 0) is 14.9 Å². The molecule has 0 amide bonds. The van der Waals surface area contributed by atoms with E-state index in [1.807, 2.05) is 6.92 Å². The zero-order valence-corrected chi connectivity index (χ0v) is 10.5. The molecule has 0 heterocycles. The first-order valence-corrected chi connectivity index (χ1v) is 6.04. The lowest BCUT2D eigenvalue weighted by molar-refractivity contribution is -0.146. The molecular formula is C14H17FO3. The van der Waals surface area contributed by atoms with Gasteiger partial charge in [-0.25, -0.2) is 4.39 Å². The molecule has 1 aromatic carbocycles. The van der Waals surface area contributed by atoms with E-state index in [9.17, 15) is 14.3 Å². The SMILES string of the molecule is CC(=O)OC(C)C1CC1(CO)c1cccc(F)c1. The largest absolute Gasteiger partial charge is 0.463 e. The maximum atomic E-state index is 13.2. The molecule has 3 atom stereocenters. The molecule has 1 aromatic rings. The normalized spacial score (nSPS) is 27.7. The lowest BCUT2D eigenvalue weighted by Crippen LogP contribution is -2.24. The van der Waals surface area contributed by atoms with E-state index in [1.54, 1.807) is 12.1 Å². The van der Waals surface area contributed by atoms with E-state index < -0.39 is 5.41 Å². The van der Waals surface area contributed by atoms with Gasteiger partial charge in [0.1, 0.15) is 11.9 Å². The summed E-state index contributed by atoms with van der Waals surface area (Å²) < 4.78 is 18.4. The van der Waals surface area contributed by atoms with Crippen molar-refractivity contribution in [1.29, 1.82) is 0 Å². The summed E-state index contributed by atoms with van der Waals surface area (Å²) in [6.45, 7) is 3.11. The summed E-state index contributed by atoms with van der Waals surface area (Å²) in [5, 5.41) is 9.59. The molecule has 0 aromatic heterocycles. The van der Waals surface area contributed by atoms with Crippen LogP contribution in [0.15, 0.2) is 24.3 Å². The molecule has 0 saturated heterocycles. The highest BCUT2D eigenvalue weighted by Crippen LogP contribution is 2.56. The molecule has 1 N–H and O–H groups in total. The van der Waals surface area contributed by atoms with Crippen molar-refractivity contribution in [3.63, 3.8) is 0 Å². The highest BCUT2D eigenvalue weighted by molar-refractivity contribution is 5.66. The number of ether oxygens (including phenoxy) is 1. The third kappa shape index (κ3) is 2.25. The number of carbonyl (C=O) groups is 1. The highest BCUT2D eigenvalue weighted by atomic mass is 19.1. The first kappa shape index (κ1) is 13.0. The van der Waals surface area contributed by atoms with Gasteiger partial charge in [-0.05, 0) is 31.0 Å². The van der Waals surface area contributed by atoms with Crippen LogP contribution in [0.25, 0.3) is 0 Å². The van der Waals surface area contributed by atoms with Crippen molar-refractivity contribution in [2.24, 2.45) is 5.92 Å². The Morgan fingerprint density at radius 3 is 2.94 bits per heavy atom. The van der Waals surface area contributed by atoms with Crippen LogP contribution in [0.3, 0.4) is 0 Å². The van der Waals surface area contributed by atoms with Crippen molar-refractivity contribution in [2.75, 3.05) is 6.61 Å². The average molecular weight is 252 g/mol. The summed E-state index contributed by atoms with van der Waals surface area (Å²) in [7, 11) is 0. The number of benzene rings is 1. The molecule has 0 spiro atoms. The third-order valence-electron chi connectivity index (χ3n) is 3.73. The summed E-state index contributed by atoms with van der Waals surface area (Å²) in [5.41, 5.74) is 0.311. The number of aliphatic hydroxyl groups is 1. The minimum atomic E-state index is -0.461. The molecule has 3 nitrogen and oxygen atoms in total. The fourth-order valence-corrected chi connectivity index (χ4v) is 2.70. The smallest absolute Gasteiger partial charge is 0.302 e. The fourth-order valence-electron chi connectivity index (χ4n) is 2.70. The fraction of sp³-hybridized carbons (Fsp3) is 0.500. The molecule has 0 radical (unpaired) electrons. The van der Waals surface area contributed by atoms with Crippen molar-refractivity contribution in [2.45, 2.75) is 31.8 Å². The Bertz CT molecular complexity index is 460. The van der Waals surface area contributed by atoms with Crippen LogP contribution >= 0.6 is 0 Å². The topological polar surface area (TPSA) is 46.5 Å². The van der Waals surface area contributed by atoms with Gasteiger partial charge in [0.15, 0.2) is 0 Å². The summed E-state index contributed by atoms with van der Waals surface area (Å²) in [6, 6.07) is 6.26. The molecule has 2 rings (SSSR count). The second-order valence-electron chi connectivity index (χ2n) is 4.95. The van der Waals surface area contributed by atoms with Crippen LogP contribution in [0.2, 0.25) is 0 Å². The monoisotopic (exact) mass is 252 g/mol. The zero-order chi connectivity index (χ0) is 13.3. The van der Waals surface area contributed by atoms with Crippen molar-refractivity contribution in [3.8, 4) is 0 Å². The highest BCUT2D eigenvalue weighted by Gasteiger charge is 2.58. The summed E-state index contributed by atoms with van der Waals surface area (Å²) in [5.74, 6) is -0.597. The molecule has 1 saturated carbocycles. The number of esters is 1. The lowest BCUT2D eigenvalue weighted by Gasteiger charge is -2.19. The molecule has 1 aliphatic carbocycles. The second kappa shape index (κ2) is 4.69. The van der Waals surface area contributed by atoms with Gasteiger partial charge in [-0.3, -0.25) is 4.79 Å². The minimum absolute atomic E-state index is 0.0493. The number of rotatable bonds is 4. The molecular weight excluding hydrogens is 235 g/mol. The first-order chi connectivity index (χ1) is 8.49. The van der Waals surface area contributed by atoms with Gasteiger partial charge in [-0.15, -0.1) is 0 Å². The van der Waals surface area contributed by atoms with E-state index in [-0.39, 0.29) is 30.4 Å². The van der Waals surface area contributed by atoms with Crippen molar-refractivity contribution < 1.29 is 19.0 Å². The number of aliphatic hydroxyl groups excluding tert-OH is 1. The van der Waals surface area contributed by atoms with Gasteiger partial charge in [-0.2, -0.15) is 0 Å². The molecule has 0 aliphatic heterocycles. The van der Waals surface area contributed by atoms with E-state index in [0.717, 1.165) is 5.56 Å². The molecule has 4 heteroatoms. The van der Waals surface area contributed by atoms with Gasteiger partial charge in [0.25, 0.3) is 0 Å². The van der Waals surface area contributed by atoms with Crippen LogP contribution in [0.1, 0.15) is 25.8 Å². The Morgan fingerprint density at radius 1 is 1.67 bits per heavy atom. The Kier molecular flexibility index (Phi) is 3.39. The van der Waals surface area contributed by atoms with Crippen molar-refractivity contribution in [1.82, 2.24) is 0 Å². The number of halogens is 1. The Balaban J connectivity index is 2.18. The summed E-state index contributed by atoms with van der Waals surface area (Å²) in [6.07, 6.45) is 0.444. The predicted molar refractivity (Wildman–Crippen MR) is 64.5 cm³/mol. The van der Waals surface area contributed by atoms with Gasteiger partial charge < -0.3 is 9.84 Å². The average Bonchev–Trinajstić information content (AvgIpc) is 3.04. The zero-order valence-electron chi connectivity index (χ0n) is 10.5. The quantitative estimate of drug-likeness (QED) is 0.834. The van der Waals surface area contributed by atoms with Crippen LogP contribution in [0.4, 0.5) is 4.39 Å². The molecule has 18 heavy (non-hydrogen) atoms. The predicted octanol–water partition coefficient (Wildman–Crippen LogP) is 2.03. The van der Waals surface area contributed by atoms with Gasteiger partial charge in [0.2, 0.25) is 0 Å². The summed E-state index contributed by atoms with van der Waals surface area (Å²) in [4.78, 5) is 10.9. The second-order valence-corrected chi connectivity index (χ2v) is 4.95. The standard InChI is InChI=1S/C14H17FO3/c1-9(18-10(2)17)13-7-14(13,8-16)11-4-3-5-12(15)6-11/h3-6,9,13,16H,7-8H2,1-2H3. The van der Waals surface area contributed by atoms with E-state index >= 15 is 0 Å². The van der Waals surface area contributed by atoms with Gasteiger partial charge >= 0.3 is 5.97 Å². The van der Waals surface area contributed by atoms with Gasteiger partial charge in [0.05, 0.1) is 6.61 Å². The van der Waals surface area contributed by atoms with Gasteiger partial charge in [0, 0.05) is 18.3 Å². The molecule has 1 aliphatic rings. The van der Waals surface area contributed by atoms with Crippen LogP contribution < -0.4 is 0 Å². The van der Waals surface area contributed by atoms with Crippen LogP contribution in [0, 0.1) is 11.7 Å². The van der Waals surface area contributed by atoms with Crippen molar-refractivity contribution >= 4 is 5.97 Å². The van der Waals surface area contributed by atoms with E-state index in [4.69, 9.17) is 4.74 Å². The molecule has 98 valence electrons. The molecule has 3 unspecified atom stereocenters. The van der Waals surface area contributed by atoms with Crippen LogP contribution in [-0.4, -0.2) is 23.8 Å². The third-order valence-corrected chi connectivity index (χ3v) is 3.73. The van der Waals surface area contributed by atoms with E-state index in [1.165, 1.54) is 19.1 Å². The lowest BCUT2D eigenvalue weighted by atomic mass is 9.92. The Hall–Kier alpha value is -1.42. The van der Waals surface area contributed by atoms with E-state index in [2.05, 4.69) is 0 Å². The molecule has 0 bridgehead atoms. The van der Waals surface area contributed by atoms with Gasteiger partial charge in [-0.1, -0.05) is 12.1 Å². The number of hydrogen-bond acceptors (Lipinski definition) is 3.